The van der Waals surface area contributed by atoms with Crippen molar-refractivity contribution < 1.29 is 14.9 Å². The van der Waals surface area contributed by atoms with Gasteiger partial charge in [0.1, 0.15) is 5.75 Å². The largest absolute Gasteiger partial charge is 0.496 e. The van der Waals surface area contributed by atoms with Crippen molar-refractivity contribution in [2.75, 3.05) is 26.8 Å². The Balaban J connectivity index is 2.84. The summed E-state index contributed by atoms with van der Waals surface area (Å²) in [6.45, 7) is 7.73. The van der Waals surface area contributed by atoms with E-state index in [1.807, 2.05) is 18.2 Å². The van der Waals surface area contributed by atoms with Crippen LogP contribution in [0.25, 0.3) is 0 Å². The van der Waals surface area contributed by atoms with Crippen LogP contribution >= 0.6 is 0 Å². The first-order chi connectivity index (χ1) is 9.40. The van der Waals surface area contributed by atoms with E-state index < -0.39 is 6.10 Å². The summed E-state index contributed by atoms with van der Waals surface area (Å²) in [5.41, 5.74) is 2.00. The highest BCUT2D eigenvalue weighted by Gasteiger charge is 2.19. The second-order valence-electron chi connectivity index (χ2n) is 6.00. The fraction of sp³-hybridized carbons (Fsp3) is 0.625. The number of nitrogens with one attached hydrogen (secondary N) is 1. The molecule has 3 N–H and O–H groups in total. The molecule has 1 aromatic rings. The average molecular weight is 281 g/mol. The molecule has 0 aliphatic carbocycles. The minimum atomic E-state index is -0.619. The third kappa shape index (κ3) is 4.78. The molecular weight excluding hydrogens is 254 g/mol. The van der Waals surface area contributed by atoms with E-state index in [2.05, 4.69) is 26.1 Å². The quantitative estimate of drug-likeness (QED) is 0.669. The van der Waals surface area contributed by atoms with Gasteiger partial charge in [-0.15, -0.1) is 0 Å². The van der Waals surface area contributed by atoms with Crippen LogP contribution in [0.1, 0.15) is 44.4 Å². The molecule has 0 saturated heterocycles. The van der Waals surface area contributed by atoms with E-state index >= 15 is 0 Å². The molecule has 0 bridgehead atoms. The molecule has 0 radical (unpaired) electrons. The highest BCUT2D eigenvalue weighted by molar-refractivity contribution is 5.41. The Morgan fingerprint density at radius 2 is 2.00 bits per heavy atom. The first-order valence-corrected chi connectivity index (χ1v) is 7.08. The number of aliphatic hydroxyl groups is 2. The van der Waals surface area contributed by atoms with Gasteiger partial charge in [0.15, 0.2) is 0 Å². The fourth-order valence-electron chi connectivity index (χ4n) is 2.01. The van der Waals surface area contributed by atoms with Crippen molar-refractivity contribution in [2.24, 2.45) is 0 Å². The summed E-state index contributed by atoms with van der Waals surface area (Å²) < 4.78 is 5.33. The summed E-state index contributed by atoms with van der Waals surface area (Å²) in [4.78, 5) is 0. The van der Waals surface area contributed by atoms with Crippen molar-refractivity contribution in [3.05, 3.63) is 29.3 Å². The Bertz CT molecular complexity index is 413. The monoisotopic (exact) mass is 281 g/mol. The zero-order valence-electron chi connectivity index (χ0n) is 12.9. The maximum atomic E-state index is 10.3. The maximum Gasteiger partial charge on any atom is 0.124 e. The summed E-state index contributed by atoms with van der Waals surface area (Å²) >= 11 is 0. The number of methoxy groups -OCH3 is 1. The zero-order valence-corrected chi connectivity index (χ0v) is 12.9. The van der Waals surface area contributed by atoms with Crippen molar-refractivity contribution in [1.82, 2.24) is 5.32 Å². The molecule has 0 saturated carbocycles. The number of rotatable bonds is 7. The SMILES string of the molecule is COc1ccc(C(C)(C)C)cc1C(O)CNCCCO. The van der Waals surface area contributed by atoms with Crippen LogP contribution in [-0.4, -0.2) is 37.0 Å². The Morgan fingerprint density at radius 1 is 1.30 bits per heavy atom. The van der Waals surface area contributed by atoms with E-state index in [1.54, 1.807) is 7.11 Å². The Morgan fingerprint density at radius 3 is 2.55 bits per heavy atom. The van der Waals surface area contributed by atoms with Gasteiger partial charge in [0.25, 0.3) is 0 Å². The van der Waals surface area contributed by atoms with Gasteiger partial charge >= 0.3 is 0 Å². The summed E-state index contributed by atoms with van der Waals surface area (Å²) in [6, 6.07) is 5.96. The van der Waals surface area contributed by atoms with Crippen LogP contribution in [-0.2, 0) is 5.41 Å². The number of hydrogen-bond acceptors (Lipinski definition) is 4. The highest BCUT2D eigenvalue weighted by Crippen LogP contribution is 2.31. The van der Waals surface area contributed by atoms with Gasteiger partial charge in [0, 0.05) is 18.7 Å². The van der Waals surface area contributed by atoms with Gasteiger partial charge in [-0.1, -0.05) is 26.8 Å². The van der Waals surface area contributed by atoms with Crippen molar-refractivity contribution in [3.8, 4) is 5.75 Å². The van der Waals surface area contributed by atoms with Crippen molar-refractivity contribution in [2.45, 2.75) is 38.7 Å². The Labute approximate surface area is 121 Å². The van der Waals surface area contributed by atoms with Crippen LogP contribution in [0, 0.1) is 0 Å². The normalized spacial score (nSPS) is 13.3. The van der Waals surface area contributed by atoms with Crippen LogP contribution < -0.4 is 10.1 Å². The molecular formula is C16H27NO3. The molecule has 114 valence electrons. The topological polar surface area (TPSA) is 61.7 Å². The van der Waals surface area contributed by atoms with Gasteiger partial charge < -0.3 is 20.3 Å². The molecule has 0 spiro atoms. The smallest absolute Gasteiger partial charge is 0.124 e. The van der Waals surface area contributed by atoms with E-state index in [9.17, 15) is 5.11 Å². The second kappa shape index (κ2) is 7.62. The molecule has 0 fully saturated rings. The molecule has 0 amide bonds. The third-order valence-corrected chi connectivity index (χ3v) is 3.30. The minimum Gasteiger partial charge on any atom is -0.496 e. The van der Waals surface area contributed by atoms with Crippen molar-refractivity contribution in [3.63, 3.8) is 0 Å². The van der Waals surface area contributed by atoms with E-state index in [0.29, 0.717) is 25.3 Å². The lowest BCUT2D eigenvalue weighted by atomic mass is 9.85. The molecule has 0 aliphatic rings. The predicted octanol–water partition coefficient (Wildman–Crippen LogP) is 2.00. The van der Waals surface area contributed by atoms with Gasteiger partial charge in [0.05, 0.1) is 13.2 Å². The Hall–Kier alpha value is -1.10. The zero-order chi connectivity index (χ0) is 15.2. The van der Waals surface area contributed by atoms with Crippen LogP contribution in [0.5, 0.6) is 5.75 Å². The summed E-state index contributed by atoms with van der Waals surface area (Å²) in [7, 11) is 1.61. The van der Waals surface area contributed by atoms with E-state index in [-0.39, 0.29) is 12.0 Å². The molecule has 0 aromatic heterocycles. The third-order valence-electron chi connectivity index (χ3n) is 3.30. The molecule has 0 heterocycles. The van der Waals surface area contributed by atoms with Gasteiger partial charge in [-0.05, 0) is 36.1 Å². The number of aliphatic hydroxyl groups excluding tert-OH is 2. The molecule has 0 aliphatic heterocycles. The van der Waals surface area contributed by atoms with Gasteiger partial charge in [-0.2, -0.15) is 0 Å². The van der Waals surface area contributed by atoms with Gasteiger partial charge in [-0.25, -0.2) is 0 Å². The first kappa shape index (κ1) is 17.0. The molecule has 4 heteroatoms. The molecule has 1 unspecified atom stereocenters. The Kier molecular flexibility index (Phi) is 6.46. The molecule has 20 heavy (non-hydrogen) atoms. The summed E-state index contributed by atoms with van der Waals surface area (Å²) in [6.07, 6.45) is 0.0669. The molecule has 1 aromatic carbocycles. The fourth-order valence-corrected chi connectivity index (χ4v) is 2.01. The van der Waals surface area contributed by atoms with E-state index in [0.717, 1.165) is 5.56 Å². The van der Waals surface area contributed by atoms with Crippen molar-refractivity contribution in [1.29, 1.82) is 0 Å². The molecule has 1 atom stereocenters. The van der Waals surface area contributed by atoms with Crippen LogP contribution in [0.15, 0.2) is 18.2 Å². The first-order valence-electron chi connectivity index (χ1n) is 7.08. The lowest BCUT2D eigenvalue weighted by Gasteiger charge is -2.23. The van der Waals surface area contributed by atoms with Gasteiger partial charge in [0.2, 0.25) is 0 Å². The van der Waals surface area contributed by atoms with Gasteiger partial charge in [-0.3, -0.25) is 0 Å². The second-order valence-corrected chi connectivity index (χ2v) is 6.00. The number of hydrogen-bond donors (Lipinski definition) is 3. The summed E-state index contributed by atoms with van der Waals surface area (Å²) in [5.74, 6) is 0.703. The lowest BCUT2D eigenvalue weighted by Crippen LogP contribution is -2.24. The molecule has 1 rings (SSSR count). The van der Waals surface area contributed by atoms with E-state index in [1.165, 1.54) is 5.56 Å². The summed E-state index contributed by atoms with van der Waals surface area (Å²) in [5, 5.41) is 22.2. The van der Waals surface area contributed by atoms with E-state index in [4.69, 9.17) is 9.84 Å². The van der Waals surface area contributed by atoms with Crippen LogP contribution in [0.4, 0.5) is 0 Å². The molecule has 4 nitrogen and oxygen atoms in total. The van der Waals surface area contributed by atoms with Crippen molar-refractivity contribution >= 4 is 0 Å². The predicted molar refractivity (Wildman–Crippen MR) is 81.2 cm³/mol. The number of ether oxygens (including phenoxy) is 1. The standard InChI is InChI=1S/C16H27NO3/c1-16(2,3)12-6-7-15(20-4)13(10-12)14(19)11-17-8-5-9-18/h6-7,10,14,17-19H,5,8-9,11H2,1-4H3. The number of benzene rings is 1. The van der Waals surface area contributed by atoms with Crippen LogP contribution in [0.2, 0.25) is 0 Å². The lowest BCUT2D eigenvalue weighted by molar-refractivity contribution is 0.169. The average Bonchev–Trinajstić information content (AvgIpc) is 2.41. The maximum absolute atomic E-state index is 10.3. The van der Waals surface area contributed by atoms with Crippen LogP contribution in [0.3, 0.4) is 0 Å². The minimum absolute atomic E-state index is 0.0328. The highest BCUT2D eigenvalue weighted by atomic mass is 16.5.